The van der Waals surface area contributed by atoms with Crippen LogP contribution in [0.15, 0.2) is 29.2 Å². The van der Waals surface area contributed by atoms with E-state index >= 15 is 0 Å². The van der Waals surface area contributed by atoms with Crippen molar-refractivity contribution in [1.82, 2.24) is 5.32 Å². The highest BCUT2D eigenvalue weighted by Gasteiger charge is 2.06. The molecule has 1 atom stereocenters. The lowest BCUT2D eigenvalue weighted by atomic mass is 10.2. The first-order chi connectivity index (χ1) is 8.15. The van der Waals surface area contributed by atoms with Crippen LogP contribution in [0, 0.1) is 0 Å². The number of hydrogen-bond acceptors (Lipinski definition) is 3. The van der Waals surface area contributed by atoms with Crippen LogP contribution in [0.1, 0.15) is 30.6 Å². The van der Waals surface area contributed by atoms with Crippen LogP contribution in [0.25, 0.3) is 0 Å². The fourth-order valence-corrected chi connectivity index (χ4v) is 2.02. The standard InChI is InChI=1S/C13H17NO2S/c1-3-10(2)14-13(16)9-17-12-6-4-5-11(7-12)8-15/h4-8,10H,3,9H2,1-2H3,(H,14,16). The number of hydrogen-bond donors (Lipinski definition) is 1. The molecule has 0 aliphatic carbocycles. The van der Waals surface area contributed by atoms with E-state index < -0.39 is 0 Å². The second kappa shape index (κ2) is 7.12. The number of benzene rings is 1. The lowest BCUT2D eigenvalue weighted by Crippen LogP contribution is -2.33. The van der Waals surface area contributed by atoms with Gasteiger partial charge in [0.05, 0.1) is 5.75 Å². The highest BCUT2D eigenvalue weighted by Crippen LogP contribution is 2.18. The minimum absolute atomic E-state index is 0.0286. The van der Waals surface area contributed by atoms with E-state index in [0.717, 1.165) is 17.6 Å². The zero-order valence-corrected chi connectivity index (χ0v) is 10.9. The Kier molecular flexibility index (Phi) is 5.77. The van der Waals surface area contributed by atoms with Crippen molar-refractivity contribution >= 4 is 24.0 Å². The summed E-state index contributed by atoms with van der Waals surface area (Å²) < 4.78 is 0. The molecule has 0 heterocycles. The molecule has 92 valence electrons. The normalized spacial score (nSPS) is 11.9. The first-order valence-corrected chi connectivity index (χ1v) is 6.61. The smallest absolute Gasteiger partial charge is 0.230 e. The maximum absolute atomic E-state index is 11.5. The summed E-state index contributed by atoms with van der Waals surface area (Å²) in [4.78, 5) is 23.1. The second-order valence-corrected chi connectivity index (χ2v) is 4.90. The topological polar surface area (TPSA) is 46.2 Å². The third-order valence-electron chi connectivity index (χ3n) is 2.38. The van der Waals surface area contributed by atoms with Crippen LogP contribution in [0.5, 0.6) is 0 Å². The zero-order valence-electron chi connectivity index (χ0n) is 10.1. The SMILES string of the molecule is CCC(C)NC(=O)CSc1cccc(C=O)c1. The quantitative estimate of drug-likeness (QED) is 0.624. The lowest BCUT2D eigenvalue weighted by molar-refractivity contribution is -0.119. The summed E-state index contributed by atoms with van der Waals surface area (Å²) in [5, 5.41) is 2.90. The van der Waals surface area contributed by atoms with Gasteiger partial charge in [-0.3, -0.25) is 9.59 Å². The summed E-state index contributed by atoms with van der Waals surface area (Å²) in [6.07, 6.45) is 1.74. The van der Waals surface area contributed by atoms with Crippen molar-refractivity contribution in [2.75, 3.05) is 5.75 Å². The van der Waals surface area contributed by atoms with E-state index in [2.05, 4.69) is 5.32 Å². The Labute approximate surface area is 106 Å². The molecule has 1 rings (SSSR count). The van der Waals surface area contributed by atoms with E-state index in [-0.39, 0.29) is 11.9 Å². The predicted octanol–water partition coefficient (Wildman–Crippen LogP) is 2.51. The molecular weight excluding hydrogens is 234 g/mol. The Morgan fingerprint density at radius 3 is 2.94 bits per heavy atom. The third-order valence-corrected chi connectivity index (χ3v) is 3.38. The molecule has 0 aromatic heterocycles. The predicted molar refractivity (Wildman–Crippen MR) is 70.4 cm³/mol. The van der Waals surface area contributed by atoms with E-state index in [0.29, 0.717) is 11.3 Å². The van der Waals surface area contributed by atoms with E-state index in [1.807, 2.05) is 26.0 Å². The molecule has 0 spiro atoms. The summed E-state index contributed by atoms with van der Waals surface area (Å²) in [6, 6.07) is 7.46. The summed E-state index contributed by atoms with van der Waals surface area (Å²) in [5.41, 5.74) is 0.636. The molecule has 0 bridgehead atoms. The Balaban J connectivity index is 2.44. The Morgan fingerprint density at radius 1 is 1.53 bits per heavy atom. The highest BCUT2D eigenvalue weighted by molar-refractivity contribution is 8.00. The summed E-state index contributed by atoms with van der Waals surface area (Å²) >= 11 is 1.44. The van der Waals surface area contributed by atoms with Gasteiger partial charge in [-0.15, -0.1) is 11.8 Å². The van der Waals surface area contributed by atoms with Crippen molar-refractivity contribution in [2.45, 2.75) is 31.2 Å². The van der Waals surface area contributed by atoms with Crippen LogP contribution in [0.2, 0.25) is 0 Å². The molecule has 0 saturated heterocycles. The number of carbonyl (C=O) groups is 2. The summed E-state index contributed by atoms with van der Waals surface area (Å²) in [7, 11) is 0. The van der Waals surface area contributed by atoms with Gasteiger partial charge in [-0.2, -0.15) is 0 Å². The van der Waals surface area contributed by atoms with Crippen LogP contribution in [-0.2, 0) is 4.79 Å². The van der Waals surface area contributed by atoms with Crippen LogP contribution in [0.3, 0.4) is 0 Å². The number of nitrogens with one attached hydrogen (secondary N) is 1. The average Bonchev–Trinajstić information content (AvgIpc) is 2.36. The van der Waals surface area contributed by atoms with Crippen LogP contribution < -0.4 is 5.32 Å². The number of aldehydes is 1. The molecule has 0 aliphatic heterocycles. The van der Waals surface area contributed by atoms with Gasteiger partial charge in [0.15, 0.2) is 0 Å². The molecule has 0 radical (unpaired) electrons. The van der Waals surface area contributed by atoms with Crippen molar-refractivity contribution in [3.8, 4) is 0 Å². The van der Waals surface area contributed by atoms with Gasteiger partial charge in [0.25, 0.3) is 0 Å². The highest BCUT2D eigenvalue weighted by atomic mass is 32.2. The minimum Gasteiger partial charge on any atom is -0.353 e. The molecule has 3 nitrogen and oxygen atoms in total. The van der Waals surface area contributed by atoms with Gasteiger partial charge in [-0.25, -0.2) is 0 Å². The molecule has 0 saturated carbocycles. The van der Waals surface area contributed by atoms with E-state index in [9.17, 15) is 9.59 Å². The summed E-state index contributed by atoms with van der Waals surface area (Å²) in [5.74, 6) is 0.410. The van der Waals surface area contributed by atoms with E-state index in [1.165, 1.54) is 11.8 Å². The fraction of sp³-hybridized carbons (Fsp3) is 0.385. The molecular formula is C13H17NO2S. The lowest BCUT2D eigenvalue weighted by Gasteiger charge is -2.10. The number of thioether (sulfide) groups is 1. The molecule has 4 heteroatoms. The number of rotatable bonds is 6. The van der Waals surface area contributed by atoms with Crippen molar-refractivity contribution in [3.05, 3.63) is 29.8 Å². The first kappa shape index (κ1) is 13.8. The van der Waals surface area contributed by atoms with Gasteiger partial charge < -0.3 is 5.32 Å². The fourth-order valence-electron chi connectivity index (χ4n) is 1.25. The van der Waals surface area contributed by atoms with Crippen molar-refractivity contribution < 1.29 is 9.59 Å². The number of amides is 1. The van der Waals surface area contributed by atoms with Crippen molar-refractivity contribution in [1.29, 1.82) is 0 Å². The maximum Gasteiger partial charge on any atom is 0.230 e. The Bertz CT molecular complexity index is 393. The van der Waals surface area contributed by atoms with Crippen molar-refractivity contribution in [2.24, 2.45) is 0 Å². The second-order valence-electron chi connectivity index (χ2n) is 3.86. The first-order valence-electron chi connectivity index (χ1n) is 5.63. The molecule has 17 heavy (non-hydrogen) atoms. The Morgan fingerprint density at radius 2 is 2.29 bits per heavy atom. The van der Waals surface area contributed by atoms with Crippen molar-refractivity contribution in [3.63, 3.8) is 0 Å². The molecule has 1 unspecified atom stereocenters. The minimum atomic E-state index is 0.0286. The van der Waals surface area contributed by atoms with Gasteiger partial charge in [0.1, 0.15) is 6.29 Å². The van der Waals surface area contributed by atoms with Crippen LogP contribution >= 0.6 is 11.8 Å². The molecule has 1 amide bonds. The molecule has 1 aromatic carbocycles. The van der Waals surface area contributed by atoms with Gasteiger partial charge in [0.2, 0.25) is 5.91 Å². The Hall–Kier alpha value is -1.29. The molecule has 0 fully saturated rings. The molecule has 1 aromatic rings. The van der Waals surface area contributed by atoms with E-state index in [1.54, 1.807) is 12.1 Å². The van der Waals surface area contributed by atoms with E-state index in [4.69, 9.17) is 0 Å². The molecule has 0 aliphatic rings. The monoisotopic (exact) mass is 251 g/mol. The van der Waals surface area contributed by atoms with Crippen LogP contribution in [0.4, 0.5) is 0 Å². The van der Waals surface area contributed by atoms with Gasteiger partial charge >= 0.3 is 0 Å². The summed E-state index contributed by atoms with van der Waals surface area (Å²) in [6.45, 7) is 4.02. The average molecular weight is 251 g/mol. The molecule has 1 N–H and O–H groups in total. The third kappa shape index (κ3) is 5.04. The largest absolute Gasteiger partial charge is 0.353 e. The van der Waals surface area contributed by atoms with Crippen LogP contribution in [-0.4, -0.2) is 24.0 Å². The maximum atomic E-state index is 11.5. The van der Waals surface area contributed by atoms with Gasteiger partial charge in [0, 0.05) is 16.5 Å². The van der Waals surface area contributed by atoms with Gasteiger partial charge in [-0.05, 0) is 25.5 Å². The number of carbonyl (C=O) groups excluding carboxylic acids is 2. The van der Waals surface area contributed by atoms with Gasteiger partial charge in [-0.1, -0.05) is 19.1 Å². The zero-order chi connectivity index (χ0) is 12.7.